The Balaban J connectivity index is 1.93. The molecule has 2 aliphatic rings. The van der Waals surface area contributed by atoms with Crippen LogP contribution in [-0.2, 0) is 14.3 Å². The third-order valence-corrected chi connectivity index (χ3v) is 4.26. The van der Waals surface area contributed by atoms with Crippen LogP contribution in [0, 0.1) is 5.41 Å². The molecule has 1 aromatic rings. The molecule has 5 nitrogen and oxygen atoms in total. The minimum atomic E-state index is -0.733. The monoisotopic (exact) mass is 302 g/mol. The number of benzene rings is 1. The lowest BCUT2D eigenvalue weighted by Gasteiger charge is -2.15. The zero-order valence-electron chi connectivity index (χ0n) is 12.7. The maximum absolute atomic E-state index is 12.7. The van der Waals surface area contributed by atoms with E-state index in [1.807, 2.05) is 0 Å². The summed E-state index contributed by atoms with van der Waals surface area (Å²) in [5.74, 6) is 0.802. The Morgan fingerprint density at radius 2 is 1.82 bits per heavy atom. The van der Waals surface area contributed by atoms with E-state index >= 15 is 0 Å². The topological polar surface area (TPSA) is 61.8 Å². The smallest absolute Gasteiger partial charge is 0.319 e. The number of esters is 1. The van der Waals surface area contributed by atoms with Crippen molar-refractivity contribution < 1.29 is 23.8 Å². The van der Waals surface area contributed by atoms with Gasteiger partial charge in [0.05, 0.1) is 20.8 Å². The zero-order valence-corrected chi connectivity index (χ0v) is 12.7. The summed E-state index contributed by atoms with van der Waals surface area (Å²) in [5, 5.41) is 0. The maximum Gasteiger partial charge on any atom is 0.319 e. The number of Topliss-reactive ketones (excluding diaryl/α,β-unsaturated/α-hetero) is 1. The number of carbonyl (C=O) groups excluding carboxylic acids is 2. The lowest BCUT2D eigenvalue weighted by atomic mass is 9.94. The van der Waals surface area contributed by atoms with Gasteiger partial charge >= 0.3 is 5.97 Å². The summed E-state index contributed by atoms with van der Waals surface area (Å²) >= 11 is 0. The van der Waals surface area contributed by atoms with Gasteiger partial charge in [-0.1, -0.05) is 0 Å². The summed E-state index contributed by atoms with van der Waals surface area (Å²) in [7, 11) is 2.94. The van der Waals surface area contributed by atoms with Gasteiger partial charge in [-0.2, -0.15) is 0 Å². The van der Waals surface area contributed by atoms with Gasteiger partial charge in [-0.05, 0) is 37.1 Å². The number of hydrogen-bond donors (Lipinski definition) is 0. The Morgan fingerprint density at radius 1 is 1.14 bits per heavy atom. The van der Waals surface area contributed by atoms with E-state index in [4.69, 9.17) is 14.2 Å². The third kappa shape index (κ3) is 2.26. The van der Waals surface area contributed by atoms with Crippen molar-refractivity contribution in [1.29, 1.82) is 0 Å². The predicted octanol–water partition coefficient (Wildman–Crippen LogP) is 2.51. The molecule has 0 amide bonds. The fraction of sp³-hybridized carbons (Fsp3) is 0.412. The van der Waals surface area contributed by atoms with Crippen LogP contribution in [0.4, 0.5) is 0 Å². The fourth-order valence-electron chi connectivity index (χ4n) is 2.86. The number of ether oxygens (including phenoxy) is 3. The highest BCUT2D eigenvalue weighted by Gasteiger charge is 2.58. The molecule has 1 aromatic carbocycles. The molecule has 0 aromatic heterocycles. The second kappa shape index (κ2) is 5.48. The zero-order chi connectivity index (χ0) is 15.7. The molecule has 0 bridgehead atoms. The first-order valence-corrected chi connectivity index (χ1v) is 7.26. The first-order chi connectivity index (χ1) is 10.6. The van der Waals surface area contributed by atoms with Crippen LogP contribution in [0.15, 0.2) is 35.6 Å². The van der Waals surface area contributed by atoms with Gasteiger partial charge < -0.3 is 14.2 Å². The van der Waals surface area contributed by atoms with E-state index in [0.717, 1.165) is 0 Å². The molecule has 0 spiro atoms. The van der Waals surface area contributed by atoms with Gasteiger partial charge in [0.2, 0.25) is 0 Å². The second-order valence-electron chi connectivity index (χ2n) is 5.54. The van der Waals surface area contributed by atoms with Gasteiger partial charge in [-0.3, -0.25) is 9.59 Å². The quantitative estimate of drug-likeness (QED) is 0.618. The Bertz CT molecular complexity index is 638. The fourth-order valence-corrected chi connectivity index (χ4v) is 2.86. The number of rotatable bonds is 5. The van der Waals surface area contributed by atoms with E-state index in [0.29, 0.717) is 48.5 Å². The second-order valence-corrected chi connectivity index (χ2v) is 5.54. The van der Waals surface area contributed by atoms with Crippen LogP contribution < -0.4 is 4.74 Å². The first-order valence-electron chi connectivity index (χ1n) is 7.26. The molecule has 3 rings (SSSR count). The molecule has 1 aliphatic heterocycles. The Labute approximate surface area is 128 Å². The average molecular weight is 302 g/mol. The Hall–Kier alpha value is -2.30. The molecule has 1 fully saturated rings. The molecule has 0 radical (unpaired) electrons. The van der Waals surface area contributed by atoms with Crippen molar-refractivity contribution in [1.82, 2.24) is 0 Å². The van der Waals surface area contributed by atoms with Crippen LogP contribution in [0.3, 0.4) is 0 Å². The molecule has 1 aliphatic carbocycles. The van der Waals surface area contributed by atoms with Crippen molar-refractivity contribution in [3.05, 3.63) is 41.2 Å². The molecule has 5 heteroatoms. The van der Waals surface area contributed by atoms with Gasteiger partial charge in [-0.15, -0.1) is 0 Å². The summed E-state index contributed by atoms with van der Waals surface area (Å²) in [5.41, 5.74) is 0.426. The van der Waals surface area contributed by atoms with Crippen LogP contribution in [-0.4, -0.2) is 32.6 Å². The van der Waals surface area contributed by atoms with Crippen LogP contribution in [0.25, 0.3) is 0 Å². The lowest BCUT2D eigenvalue weighted by Crippen LogP contribution is -2.22. The largest absolute Gasteiger partial charge is 0.497 e. The highest BCUT2D eigenvalue weighted by atomic mass is 16.5. The van der Waals surface area contributed by atoms with Crippen LogP contribution in [0.2, 0.25) is 0 Å². The van der Waals surface area contributed by atoms with Crippen molar-refractivity contribution >= 4 is 11.8 Å². The van der Waals surface area contributed by atoms with Gasteiger partial charge in [-0.25, -0.2) is 0 Å². The molecular weight excluding hydrogens is 284 g/mol. The summed E-state index contributed by atoms with van der Waals surface area (Å²) in [4.78, 5) is 24.7. The van der Waals surface area contributed by atoms with Crippen molar-refractivity contribution in [2.45, 2.75) is 19.3 Å². The SMILES string of the molecule is COC(=O)C1(C2=C(C(=O)c3ccc(OC)cc3)CCO2)CC1. The van der Waals surface area contributed by atoms with Crippen molar-refractivity contribution in [3.8, 4) is 5.75 Å². The number of hydrogen-bond acceptors (Lipinski definition) is 5. The van der Waals surface area contributed by atoms with Crippen molar-refractivity contribution in [3.63, 3.8) is 0 Å². The standard InChI is InChI=1S/C17H18O5/c1-20-12-5-3-11(4-6-12)14(18)13-7-10-22-15(13)17(8-9-17)16(19)21-2/h3-6H,7-10H2,1-2H3. The molecular formula is C17H18O5. The maximum atomic E-state index is 12.7. The molecule has 0 unspecified atom stereocenters. The van der Waals surface area contributed by atoms with Gasteiger partial charge in [0.25, 0.3) is 0 Å². The first kappa shape index (κ1) is 14.6. The minimum Gasteiger partial charge on any atom is -0.497 e. The number of ketones is 1. The molecule has 1 heterocycles. The summed E-state index contributed by atoms with van der Waals surface area (Å²) in [6.45, 7) is 0.436. The normalized spacial score (nSPS) is 18.6. The van der Waals surface area contributed by atoms with E-state index < -0.39 is 5.41 Å². The van der Waals surface area contributed by atoms with Crippen LogP contribution in [0.5, 0.6) is 5.75 Å². The van der Waals surface area contributed by atoms with E-state index in [-0.39, 0.29) is 11.8 Å². The van der Waals surface area contributed by atoms with Crippen molar-refractivity contribution in [2.75, 3.05) is 20.8 Å². The van der Waals surface area contributed by atoms with Crippen molar-refractivity contribution in [2.24, 2.45) is 5.41 Å². The van der Waals surface area contributed by atoms with Crippen LogP contribution in [0.1, 0.15) is 29.6 Å². The molecule has 22 heavy (non-hydrogen) atoms. The number of methoxy groups -OCH3 is 2. The molecule has 0 N–H and O–H groups in total. The van der Waals surface area contributed by atoms with Crippen LogP contribution >= 0.6 is 0 Å². The molecule has 0 saturated heterocycles. The van der Waals surface area contributed by atoms with Gasteiger partial charge in [0.1, 0.15) is 16.9 Å². The highest BCUT2D eigenvalue weighted by Crippen LogP contribution is 2.56. The Kier molecular flexibility index (Phi) is 3.64. The number of carbonyl (C=O) groups is 2. The van der Waals surface area contributed by atoms with Gasteiger partial charge in [0, 0.05) is 17.6 Å². The molecule has 116 valence electrons. The molecule has 0 atom stereocenters. The summed E-state index contributed by atoms with van der Waals surface area (Å²) in [6, 6.07) is 6.94. The lowest BCUT2D eigenvalue weighted by molar-refractivity contribution is -0.146. The molecule has 1 saturated carbocycles. The van der Waals surface area contributed by atoms with E-state index in [1.54, 1.807) is 31.4 Å². The summed E-state index contributed by atoms with van der Waals surface area (Å²) < 4.78 is 15.6. The van der Waals surface area contributed by atoms with E-state index in [1.165, 1.54) is 7.11 Å². The highest BCUT2D eigenvalue weighted by molar-refractivity contribution is 6.10. The summed E-state index contributed by atoms with van der Waals surface area (Å²) in [6.07, 6.45) is 1.88. The third-order valence-electron chi connectivity index (χ3n) is 4.26. The Morgan fingerprint density at radius 3 is 2.36 bits per heavy atom. The average Bonchev–Trinajstić information content (AvgIpc) is 3.23. The van der Waals surface area contributed by atoms with E-state index in [9.17, 15) is 9.59 Å². The minimum absolute atomic E-state index is 0.0923. The van der Waals surface area contributed by atoms with E-state index in [2.05, 4.69) is 0 Å². The predicted molar refractivity (Wildman–Crippen MR) is 78.6 cm³/mol. The van der Waals surface area contributed by atoms with Gasteiger partial charge in [0.15, 0.2) is 5.78 Å².